The summed E-state index contributed by atoms with van der Waals surface area (Å²) in [6.45, 7) is 0.200. The Hall–Kier alpha value is -4.69. The molecule has 2 aliphatic rings. The van der Waals surface area contributed by atoms with Gasteiger partial charge in [0.1, 0.15) is 6.54 Å². The van der Waals surface area contributed by atoms with Gasteiger partial charge in [0.15, 0.2) is 0 Å². The Labute approximate surface area is 242 Å². The van der Waals surface area contributed by atoms with Crippen LogP contribution in [0, 0.1) is 11.3 Å². The number of benzene rings is 4. The van der Waals surface area contributed by atoms with E-state index in [1.165, 1.54) is 33.4 Å². The van der Waals surface area contributed by atoms with Crippen molar-refractivity contribution >= 4 is 11.8 Å². The lowest BCUT2D eigenvalue weighted by Gasteiger charge is -2.22. The van der Waals surface area contributed by atoms with E-state index >= 15 is 0 Å². The number of hydrogen-bond donors (Lipinski definition) is 1. The number of carbonyl (C=O) groups excluding carboxylic acids is 2. The van der Waals surface area contributed by atoms with Crippen molar-refractivity contribution in [2.24, 2.45) is 0 Å². The predicted octanol–water partition coefficient (Wildman–Crippen LogP) is 6.59. The van der Waals surface area contributed by atoms with Crippen molar-refractivity contribution in [1.82, 2.24) is 10.2 Å². The van der Waals surface area contributed by atoms with Crippen molar-refractivity contribution < 1.29 is 9.59 Å². The zero-order valence-corrected chi connectivity index (χ0v) is 23.2. The third-order valence-corrected chi connectivity index (χ3v) is 7.85. The van der Waals surface area contributed by atoms with Gasteiger partial charge in [0, 0.05) is 24.9 Å². The van der Waals surface area contributed by atoms with E-state index in [0.29, 0.717) is 18.9 Å². The summed E-state index contributed by atoms with van der Waals surface area (Å²) in [6, 6.07) is 40.3. The summed E-state index contributed by atoms with van der Waals surface area (Å²) in [6.07, 6.45) is 4.80. The van der Waals surface area contributed by atoms with Gasteiger partial charge in [-0.3, -0.25) is 9.59 Å². The van der Waals surface area contributed by atoms with Crippen LogP contribution in [0.5, 0.6) is 0 Å². The fraction of sp³-hybridized carbons (Fsp3) is 0.250. The van der Waals surface area contributed by atoms with Crippen LogP contribution in [-0.2, 0) is 22.4 Å². The normalized spacial score (nSPS) is 17.9. The standard InChI is InChI=1S/C19H18N2O.C17H17NO/c20-12-13-21-18(10-11-19(21)22)14-15-6-8-17(9-7-15)16-4-2-1-3-5-16;19-17-11-10-16(18-17)12-13-6-8-15(9-7-13)14-4-2-1-3-5-14/h1-9,18H,10-11,13-14H2;1-9,16H,10-12H2,(H,18,19)/t18-;16-/m00/s1. The zero-order chi connectivity index (χ0) is 28.4. The quantitative estimate of drug-likeness (QED) is 0.269. The van der Waals surface area contributed by atoms with Gasteiger partial charge in [-0.15, -0.1) is 0 Å². The molecule has 0 aliphatic carbocycles. The summed E-state index contributed by atoms with van der Waals surface area (Å²) >= 11 is 0. The summed E-state index contributed by atoms with van der Waals surface area (Å²) in [4.78, 5) is 24.7. The van der Waals surface area contributed by atoms with E-state index in [1.807, 2.05) is 24.3 Å². The highest BCUT2D eigenvalue weighted by molar-refractivity contribution is 5.79. The largest absolute Gasteiger partial charge is 0.353 e. The topological polar surface area (TPSA) is 73.2 Å². The molecule has 4 aromatic rings. The SMILES string of the molecule is N#CCN1C(=O)CC[C@H]1Cc1ccc(-c2ccccc2)cc1.O=C1CC[C@@H](Cc2ccc(-c3ccccc3)cc2)N1. The minimum absolute atomic E-state index is 0.104. The lowest BCUT2D eigenvalue weighted by Crippen LogP contribution is -2.34. The van der Waals surface area contributed by atoms with Crippen LogP contribution >= 0.6 is 0 Å². The molecule has 0 spiro atoms. The van der Waals surface area contributed by atoms with E-state index < -0.39 is 0 Å². The second kappa shape index (κ2) is 13.6. The van der Waals surface area contributed by atoms with E-state index in [4.69, 9.17) is 5.26 Å². The Morgan fingerprint density at radius 3 is 1.66 bits per heavy atom. The number of carbonyl (C=O) groups is 2. The fourth-order valence-corrected chi connectivity index (χ4v) is 5.61. The minimum Gasteiger partial charge on any atom is -0.353 e. The van der Waals surface area contributed by atoms with Crippen LogP contribution in [0.4, 0.5) is 0 Å². The first-order valence-corrected chi connectivity index (χ1v) is 14.3. The smallest absolute Gasteiger partial charge is 0.223 e. The fourth-order valence-electron chi connectivity index (χ4n) is 5.61. The number of amides is 2. The van der Waals surface area contributed by atoms with E-state index in [-0.39, 0.29) is 24.4 Å². The van der Waals surface area contributed by atoms with Crippen LogP contribution in [0.1, 0.15) is 36.8 Å². The Bertz CT molecular complexity index is 1480. The van der Waals surface area contributed by atoms with Crippen molar-refractivity contribution in [3.63, 3.8) is 0 Å². The molecule has 2 aliphatic heterocycles. The molecule has 6 rings (SSSR count). The predicted molar refractivity (Wildman–Crippen MR) is 163 cm³/mol. The van der Waals surface area contributed by atoms with Gasteiger partial charge < -0.3 is 10.2 Å². The Kier molecular flexibility index (Phi) is 9.23. The molecule has 5 heteroatoms. The van der Waals surface area contributed by atoms with Gasteiger partial charge in [-0.2, -0.15) is 5.26 Å². The van der Waals surface area contributed by atoms with Gasteiger partial charge in [0.2, 0.25) is 11.8 Å². The zero-order valence-electron chi connectivity index (χ0n) is 23.2. The Morgan fingerprint density at radius 2 is 1.17 bits per heavy atom. The maximum Gasteiger partial charge on any atom is 0.223 e. The molecular weight excluding hydrogens is 506 g/mol. The first-order chi connectivity index (χ1) is 20.1. The van der Waals surface area contributed by atoms with E-state index in [0.717, 1.165) is 25.7 Å². The summed E-state index contributed by atoms with van der Waals surface area (Å²) in [5, 5.41) is 11.9. The van der Waals surface area contributed by atoms with Gasteiger partial charge in [-0.25, -0.2) is 0 Å². The number of hydrogen-bond acceptors (Lipinski definition) is 3. The first kappa shape index (κ1) is 27.9. The number of likely N-dealkylation sites (tertiary alicyclic amines) is 1. The lowest BCUT2D eigenvalue weighted by molar-refractivity contribution is -0.128. The Balaban J connectivity index is 0.000000166. The second-order valence-corrected chi connectivity index (χ2v) is 10.7. The molecule has 2 fully saturated rings. The molecule has 2 atom stereocenters. The molecule has 206 valence electrons. The van der Waals surface area contributed by atoms with Crippen molar-refractivity contribution in [3.05, 3.63) is 120 Å². The molecule has 1 N–H and O–H groups in total. The van der Waals surface area contributed by atoms with Crippen LogP contribution in [0.25, 0.3) is 22.3 Å². The second-order valence-electron chi connectivity index (χ2n) is 10.7. The first-order valence-electron chi connectivity index (χ1n) is 14.3. The van der Waals surface area contributed by atoms with Crippen LogP contribution in [0.15, 0.2) is 109 Å². The average molecular weight is 542 g/mol. The molecule has 0 radical (unpaired) electrons. The maximum atomic E-state index is 11.8. The van der Waals surface area contributed by atoms with Crippen LogP contribution in [0.2, 0.25) is 0 Å². The summed E-state index contributed by atoms with van der Waals surface area (Å²) in [5.74, 6) is 0.290. The molecule has 0 aromatic heterocycles. The summed E-state index contributed by atoms with van der Waals surface area (Å²) in [7, 11) is 0. The highest BCUT2D eigenvalue weighted by atomic mass is 16.2. The highest BCUT2D eigenvalue weighted by Crippen LogP contribution is 2.25. The average Bonchev–Trinajstić information content (AvgIpc) is 3.59. The molecule has 0 bridgehead atoms. The molecule has 5 nitrogen and oxygen atoms in total. The lowest BCUT2D eigenvalue weighted by atomic mass is 10.00. The van der Waals surface area contributed by atoms with Crippen molar-refractivity contribution in [2.75, 3.05) is 6.54 Å². The number of nitrogens with zero attached hydrogens (tertiary/aromatic N) is 2. The van der Waals surface area contributed by atoms with Crippen LogP contribution < -0.4 is 5.32 Å². The van der Waals surface area contributed by atoms with Crippen molar-refractivity contribution in [3.8, 4) is 28.3 Å². The van der Waals surface area contributed by atoms with Gasteiger partial charge in [0.05, 0.1) is 6.07 Å². The van der Waals surface area contributed by atoms with Crippen LogP contribution in [-0.4, -0.2) is 35.3 Å². The van der Waals surface area contributed by atoms with Gasteiger partial charge in [0.25, 0.3) is 0 Å². The number of nitriles is 1. The molecule has 0 saturated carbocycles. The molecule has 2 amide bonds. The third kappa shape index (κ3) is 7.49. The molecular formula is C36H35N3O2. The number of nitrogens with one attached hydrogen (secondary N) is 1. The van der Waals surface area contributed by atoms with E-state index in [1.54, 1.807) is 4.90 Å². The van der Waals surface area contributed by atoms with Gasteiger partial charge in [-0.05, 0) is 59.1 Å². The molecule has 41 heavy (non-hydrogen) atoms. The van der Waals surface area contributed by atoms with E-state index in [2.05, 4.69) is 96.3 Å². The monoisotopic (exact) mass is 541 g/mol. The molecule has 0 unspecified atom stereocenters. The molecule has 4 aromatic carbocycles. The third-order valence-electron chi connectivity index (χ3n) is 7.85. The minimum atomic E-state index is 0.104. The van der Waals surface area contributed by atoms with Crippen molar-refractivity contribution in [1.29, 1.82) is 5.26 Å². The molecule has 2 saturated heterocycles. The van der Waals surface area contributed by atoms with Crippen LogP contribution in [0.3, 0.4) is 0 Å². The summed E-state index contributed by atoms with van der Waals surface area (Å²) < 4.78 is 0. The Morgan fingerprint density at radius 1 is 0.659 bits per heavy atom. The van der Waals surface area contributed by atoms with Gasteiger partial charge in [-0.1, -0.05) is 109 Å². The van der Waals surface area contributed by atoms with E-state index in [9.17, 15) is 9.59 Å². The van der Waals surface area contributed by atoms with Crippen molar-refractivity contribution in [2.45, 2.75) is 50.6 Å². The molecule has 2 heterocycles. The highest BCUT2D eigenvalue weighted by Gasteiger charge is 2.30. The summed E-state index contributed by atoms with van der Waals surface area (Å²) in [5.41, 5.74) is 7.37. The maximum absolute atomic E-state index is 11.8. The number of rotatable bonds is 7. The van der Waals surface area contributed by atoms with Gasteiger partial charge >= 0.3 is 0 Å².